The molecular formula is C11H9BrFN3O2S. The Morgan fingerprint density at radius 2 is 2.00 bits per heavy atom. The van der Waals surface area contributed by atoms with Crippen LogP contribution in [0.4, 0.5) is 15.9 Å². The average Bonchev–Trinajstić information content (AvgIpc) is 2.33. The molecule has 0 aliphatic carbocycles. The molecule has 0 unspecified atom stereocenters. The quantitative estimate of drug-likeness (QED) is 0.894. The molecule has 100 valence electrons. The van der Waals surface area contributed by atoms with Gasteiger partial charge in [0, 0.05) is 16.7 Å². The van der Waals surface area contributed by atoms with Crippen LogP contribution >= 0.6 is 15.9 Å². The minimum absolute atomic E-state index is 0.0452. The van der Waals surface area contributed by atoms with Crippen molar-refractivity contribution in [1.29, 1.82) is 0 Å². The lowest BCUT2D eigenvalue weighted by Crippen LogP contribution is -2.14. The third-order valence-corrected chi connectivity index (χ3v) is 4.29. The van der Waals surface area contributed by atoms with Crippen LogP contribution in [-0.2, 0) is 10.0 Å². The van der Waals surface area contributed by atoms with Gasteiger partial charge < -0.3 is 5.73 Å². The summed E-state index contributed by atoms with van der Waals surface area (Å²) in [7, 11) is -3.84. The van der Waals surface area contributed by atoms with E-state index < -0.39 is 15.8 Å². The Hall–Kier alpha value is -1.67. The van der Waals surface area contributed by atoms with E-state index in [-0.39, 0.29) is 16.4 Å². The molecule has 2 aromatic rings. The number of nitrogens with one attached hydrogen (secondary N) is 1. The van der Waals surface area contributed by atoms with E-state index in [1.54, 1.807) is 0 Å². The van der Waals surface area contributed by atoms with Gasteiger partial charge in [-0.1, -0.05) is 0 Å². The molecule has 2 rings (SSSR count). The van der Waals surface area contributed by atoms with Crippen molar-refractivity contribution in [2.45, 2.75) is 4.90 Å². The first kappa shape index (κ1) is 13.8. The molecule has 1 aromatic heterocycles. The number of nitrogens with zero attached hydrogens (tertiary/aromatic N) is 1. The van der Waals surface area contributed by atoms with Gasteiger partial charge in [0.2, 0.25) is 0 Å². The molecule has 0 saturated heterocycles. The molecule has 1 aromatic carbocycles. The lowest BCUT2D eigenvalue weighted by Gasteiger charge is -2.10. The van der Waals surface area contributed by atoms with Gasteiger partial charge in [-0.15, -0.1) is 0 Å². The molecule has 0 aliphatic heterocycles. The van der Waals surface area contributed by atoms with Crippen molar-refractivity contribution in [3.63, 3.8) is 0 Å². The molecule has 0 spiro atoms. The van der Waals surface area contributed by atoms with Crippen LogP contribution in [-0.4, -0.2) is 13.4 Å². The molecule has 5 nitrogen and oxygen atoms in total. The highest BCUT2D eigenvalue weighted by Crippen LogP contribution is 2.26. The van der Waals surface area contributed by atoms with Crippen LogP contribution in [0.25, 0.3) is 0 Å². The first-order valence-electron chi connectivity index (χ1n) is 5.08. The number of nitrogen functional groups attached to an aromatic ring is 1. The van der Waals surface area contributed by atoms with Gasteiger partial charge in [0.05, 0.1) is 10.6 Å². The highest BCUT2D eigenvalue weighted by atomic mass is 79.9. The molecule has 3 N–H and O–H groups in total. The van der Waals surface area contributed by atoms with E-state index in [9.17, 15) is 12.8 Å². The number of pyridine rings is 1. The summed E-state index contributed by atoms with van der Waals surface area (Å²) in [6.45, 7) is 0. The van der Waals surface area contributed by atoms with E-state index in [1.807, 2.05) is 0 Å². The second kappa shape index (κ2) is 5.14. The summed E-state index contributed by atoms with van der Waals surface area (Å²) in [5.41, 5.74) is 5.54. The molecule has 0 amide bonds. The Kier molecular flexibility index (Phi) is 3.72. The van der Waals surface area contributed by atoms with Gasteiger partial charge in [0.25, 0.3) is 10.0 Å². The Balaban J connectivity index is 2.39. The van der Waals surface area contributed by atoms with Gasteiger partial charge in [-0.2, -0.15) is 0 Å². The van der Waals surface area contributed by atoms with E-state index in [1.165, 1.54) is 30.5 Å². The standard InChI is InChI=1S/C11H9BrFN3O2S/c12-9-2-1-7(13)5-10(9)16-19(17,18)8-3-4-15-11(14)6-8/h1-6,16H,(H2,14,15). The molecule has 0 aliphatic rings. The van der Waals surface area contributed by atoms with Crippen molar-refractivity contribution in [2.24, 2.45) is 0 Å². The highest BCUT2D eigenvalue weighted by Gasteiger charge is 2.16. The smallest absolute Gasteiger partial charge is 0.262 e. The first-order chi connectivity index (χ1) is 8.88. The van der Waals surface area contributed by atoms with Crippen LogP contribution in [0.15, 0.2) is 45.9 Å². The lowest BCUT2D eigenvalue weighted by molar-refractivity contribution is 0.601. The van der Waals surface area contributed by atoms with Crippen molar-refractivity contribution < 1.29 is 12.8 Å². The Bertz CT molecular complexity index is 722. The zero-order valence-corrected chi connectivity index (χ0v) is 11.9. The minimum atomic E-state index is -3.84. The number of aromatic nitrogens is 1. The number of anilines is 2. The van der Waals surface area contributed by atoms with E-state index in [0.29, 0.717) is 4.47 Å². The third-order valence-electron chi connectivity index (χ3n) is 2.24. The number of hydrogen-bond donors (Lipinski definition) is 2. The molecule has 1 heterocycles. The molecule has 19 heavy (non-hydrogen) atoms. The fourth-order valence-electron chi connectivity index (χ4n) is 1.37. The van der Waals surface area contributed by atoms with Crippen molar-refractivity contribution in [1.82, 2.24) is 4.98 Å². The topological polar surface area (TPSA) is 85.1 Å². The number of benzene rings is 1. The summed E-state index contributed by atoms with van der Waals surface area (Å²) in [5, 5.41) is 0. The summed E-state index contributed by atoms with van der Waals surface area (Å²) >= 11 is 3.14. The fourth-order valence-corrected chi connectivity index (χ4v) is 2.94. The lowest BCUT2D eigenvalue weighted by atomic mass is 10.3. The molecular weight excluding hydrogens is 337 g/mol. The van der Waals surface area contributed by atoms with E-state index in [2.05, 4.69) is 25.6 Å². The fraction of sp³-hybridized carbons (Fsp3) is 0. The monoisotopic (exact) mass is 345 g/mol. The minimum Gasteiger partial charge on any atom is -0.384 e. The van der Waals surface area contributed by atoms with Crippen molar-refractivity contribution in [2.75, 3.05) is 10.5 Å². The zero-order valence-electron chi connectivity index (χ0n) is 9.47. The maximum Gasteiger partial charge on any atom is 0.262 e. The largest absolute Gasteiger partial charge is 0.384 e. The predicted molar refractivity (Wildman–Crippen MR) is 73.6 cm³/mol. The van der Waals surface area contributed by atoms with E-state index in [4.69, 9.17) is 5.73 Å². The Morgan fingerprint density at radius 1 is 1.26 bits per heavy atom. The Morgan fingerprint density at radius 3 is 2.68 bits per heavy atom. The van der Waals surface area contributed by atoms with Crippen LogP contribution in [0.3, 0.4) is 0 Å². The predicted octanol–water partition coefficient (Wildman–Crippen LogP) is 2.37. The number of rotatable bonds is 3. The number of halogens is 2. The van der Waals surface area contributed by atoms with Crippen molar-refractivity contribution >= 4 is 37.5 Å². The van der Waals surface area contributed by atoms with Crippen LogP contribution in [0, 0.1) is 5.82 Å². The van der Waals surface area contributed by atoms with Gasteiger partial charge in [-0.25, -0.2) is 17.8 Å². The molecule has 0 radical (unpaired) electrons. The molecule has 0 fully saturated rings. The molecule has 0 bridgehead atoms. The SMILES string of the molecule is Nc1cc(S(=O)(=O)Nc2cc(F)ccc2Br)ccn1. The van der Waals surface area contributed by atoms with Crippen LogP contribution in [0.5, 0.6) is 0 Å². The van der Waals surface area contributed by atoms with E-state index in [0.717, 1.165) is 6.07 Å². The van der Waals surface area contributed by atoms with Crippen LogP contribution < -0.4 is 10.5 Å². The third kappa shape index (κ3) is 3.21. The number of sulfonamides is 1. The Labute approximate surface area is 117 Å². The summed E-state index contributed by atoms with van der Waals surface area (Å²) < 4.78 is 40.0. The van der Waals surface area contributed by atoms with Crippen molar-refractivity contribution in [3.8, 4) is 0 Å². The second-order valence-corrected chi connectivity index (χ2v) is 6.18. The summed E-state index contributed by atoms with van der Waals surface area (Å²) in [6, 6.07) is 6.22. The second-order valence-electron chi connectivity index (χ2n) is 3.65. The van der Waals surface area contributed by atoms with Gasteiger partial charge in [-0.05, 0) is 40.2 Å². The van der Waals surface area contributed by atoms with E-state index >= 15 is 0 Å². The average molecular weight is 346 g/mol. The molecule has 0 saturated carbocycles. The van der Waals surface area contributed by atoms with Crippen molar-refractivity contribution in [3.05, 3.63) is 46.8 Å². The zero-order chi connectivity index (χ0) is 14.0. The first-order valence-corrected chi connectivity index (χ1v) is 7.35. The van der Waals surface area contributed by atoms with Gasteiger partial charge in [-0.3, -0.25) is 4.72 Å². The summed E-state index contributed by atoms with van der Waals surface area (Å²) in [6.07, 6.45) is 1.28. The maximum absolute atomic E-state index is 13.1. The van der Waals surface area contributed by atoms with Crippen LogP contribution in [0.2, 0.25) is 0 Å². The molecule has 0 atom stereocenters. The maximum atomic E-state index is 13.1. The molecule has 8 heteroatoms. The number of nitrogens with two attached hydrogens (primary N) is 1. The number of hydrogen-bond acceptors (Lipinski definition) is 4. The van der Waals surface area contributed by atoms with Gasteiger partial charge in [0.1, 0.15) is 11.6 Å². The summed E-state index contributed by atoms with van der Waals surface area (Å²) in [4.78, 5) is 3.66. The van der Waals surface area contributed by atoms with Gasteiger partial charge >= 0.3 is 0 Å². The highest BCUT2D eigenvalue weighted by molar-refractivity contribution is 9.10. The normalized spacial score (nSPS) is 11.3. The van der Waals surface area contributed by atoms with Crippen LogP contribution in [0.1, 0.15) is 0 Å². The summed E-state index contributed by atoms with van der Waals surface area (Å²) in [5.74, 6) is -0.462. The van der Waals surface area contributed by atoms with Gasteiger partial charge in [0.15, 0.2) is 0 Å².